The van der Waals surface area contributed by atoms with E-state index in [-0.39, 0.29) is 35.5 Å². The first-order chi connectivity index (χ1) is 18.4. The molecule has 1 unspecified atom stereocenters. The van der Waals surface area contributed by atoms with Gasteiger partial charge in [-0.05, 0) is 74.7 Å². The molecule has 3 aromatic carbocycles. The van der Waals surface area contributed by atoms with Gasteiger partial charge in [-0.3, -0.25) is 13.9 Å². The first-order valence-electron chi connectivity index (χ1n) is 12.6. The molecule has 2 amide bonds. The fourth-order valence-corrected chi connectivity index (χ4v) is 5.83. The third kappa shape index (κ3) is 7.58. The highest BCUT2D eigenvalue weighted by molar-refractivity contribution is 7.92. The van der Waals surface area contributed by atoms with Gasteiger partial charge in [0, 0.05) is 17.6 Å². The van der Waals surface area contributed by atoms with E-state index in [1.807, 2.05) is 13.8 Å². The third-order valence-electron chi connectivity index (χ3n) is 6.13. The van der Waals surface area contributed by atoms with Crippen LogP contribution in [0.25, 0.3) is 0 Å². The minimum atomic E-state index is -4.20. The predicted molar refractivity (Wildman–Crippen MR) is 151 cm³/mol. The van der Waals surface area contributed by atoms with Crippen LogP contribution in [0.15, 0.2) is 77.7 Å². The molecule has 0 saturated carbocycles. The van der Waals surface area contributed by atoms with Crippen LogP contribution >= 0.6 is 11.6 Å². The van der Waals surface area contributed by atoms with Crippen molar-refractivity contribution >= 4 is 39.1 Å². The number of hydrogen-bond donors (Lipinski definition) is 1. The second-order valence-electron chi connectivity index (χ2n) is 9.49. The molecule has 1 N–H and O–H groups in total. The minimum Gasteiger partial charge on any atom is -0.352 e. The standard InChI is InChI=1S/C29H33ClFN3O4S/c1-5-26(29(36)32-20(2)3)33(18-22-12-15-24(31)16-13-22)28(35)19-34(27-17-23(30)14-11-21(27)4)39(37,38)25-9-7-6-8-10-25/h6-17,20,26H,5,18-19H2,1-4H3,(H,32,36). The second kappa shape index (κ2) is 13.1. The monoisotopic (exact) mass is 573 g/mol. The van der Waals surface area contributed by atoms with Crippen molar-refractivity contribution in [3.8, 4) is 0 Å². The fourth-order valence-electron chi connectivity index (χ4n) is 4.17. The molecule has 0 fully saturated rings. The Morgan fingerprint density at radius 2 is 1.64 bits per heavy atom. The maximum Gasteiger partial charge on any atom is 0.264 e. The maximum atomic E-state index is 14.0. The van der Waals surface area contributed by atoms with E-state index in [1.165, 1.54) is 47.4 Å². The van der Waals surface area contributed by atoms with Crippen LogP contribution in [-0.2, 0) is 26.2 Å². The number of benzene rings is 3. The average Bonchev–Trinajstić information content (AvgIpc) is 2.89. The first kappa shape index (κ1) is 30.1. The Labute approximate surface area is 234 Å². The summed E-state index contributed by atoms with van der Waals surface area (Å²) < 4.78 is 42.3. The number of rotatable bonds is 11. The van der Waals surface area contributed by atoms with Gasteiger partial charge in [0.2, 0.25) is 11.8 Å². The predicted octanol–water partition coefficient (Wildman–Crippen LogP) is 5.31. The molecule has 0 aromatic heterocycles. The summed E-state index contributed by atoms with van der Waals surface area (Å²) >= 11 is 6.24. The maximum absolute atomic E-state index is 14.0. The average molecular weight is 574 g/mol. The van der Waals surface area contributed by atoms with Crippen molar-refractivity contribution in [3.05, 3.63) is 94.8 Å². The van der Waals surface area contributed by atoms with Crippen LogP contribution < -0.4 is 9.62 Å². The minimum absolute atomic E-state index is 0.00634. The molecule has 0 heterocycles. The Balaban J connectivity index is 2.09. The third-order valence-corrected chi connectivity index (χ3v) is 8.14. The number of aryl methyl sites for hydroxylation is 1. The van der Waals surface area contributed by atoms with Crippen molar-refractivity contribution in [3.63, 3.8) is 0 Å². The van der Waals surface area contributed by atoms with Crippen LogP contribution in [0, 0.1) is 12.7 Å². The first-order valence-corrected chi connectivity index (χ1v) is 14.4. The van der Waals surface area contributed by atoms with E-state index >= 15 is 0 Å². The zero-order valence-corrected chi connectivity index (χ0v) is 24.0. The highest BCUT2D eigenvalue weighted by Crippen LogP contribution is 2.30. The topological polar surface area (TPSA) is 86.8 Å². The molecule has 0 spiro atoms. The van der Waals surface area contributed by atoms with Crippen LogP contribution in [0.2, 0.25) is 5.02 Å². The van der Waals surface area contributed by atoms with Gasteiger partial charge in [-0.1, -0.05) is 54.9 Å². The SMILES string of the molecule is CCC(C(=O)NC(C)C)N(Cc1ccc(F)cc1)C(=O)CN(c1cc(Cl)ccc1C)S(=O)(=O)c1ccccc1. The largest absolute Gasteiger partial charge is 0.352 e. The Kier molecular flexibility index (Phi) is 10.1. The molecule has 10 heteroatoms. The second-order valence-corrected chi connectivity index (χ2v) is 11.8. The molecular weight excluding hydrogens is 541 g/mol. The molecule has 39 heavy (non-hydrogen) atoms. The van der Waals surface area contributed by atoms with Crippen molar-refractivity contribution in [2.75, 3.05) is 10.8 Å². The Morgan fingerprint density at radius 1 is 1.00 bits per heavy atom. The van der Waals surface area contributed by atoms with Gasteiger partial charge in [0.05, 0.1) is 10.6 Å². The van der Waals surface area contributed by atoms with E-state index in [0.29, 0.717) is 16.1 Å². The molecule has 0 aliphatic carbocycles. The summed E-state index contributed by atoms with van der Waals surface area (Å²) in [4.78, 5) is 28.5. The van der Waals surface area contributed by atoms with Crippen molar-refractivity contribution in [1.82, 2.24) is 10.2 Å². The number of anilines is 1. The lowest BCUT2D eigenvalue weighted by Crippen LogP contribution is -2.53. The Hall–Kier alpha value is -3.43. The smallest absolute Gasteiger partial charge is 0.264 e. The fraction of sp³-hybridized carbons (Fsp3) is 0.310. The molecular formula is C29H33ClFN3O4S. The van der Waals surface area contributed by atoms with Crippen LogP contribution in [0.3, 0.4) is 0 Å². The molecule has 0 aliphatic rings. The lowest BCUT2D eigenvalue weighted by Gasteiger charge is -2.34. The van der Waals surface area contributed by atoms with Crippen LogP contribution in [0.1, 0.15) is 38.3 Å². The van der Waals surface area contributed by atoms with E-state index < -0.39 is 34.3 Å². The van der Waals surface area contributed by atoms with Gasteiger partial charge in [0.15, 0.2) is 0 Å². The number of hydrogen-bond acceptors (Lipinski definition) is 4. The summed E-state index contributed by atoms with van der Waals surface area (Å²) in [7, 11) is -4.20. The number of carbonyl (C=O) groups excluding carboxylic acids is 2. The summed E-state index contributed by atoms with van der Waals surface area (Å²) in [5.41, 5.74) is 1.44. The Morgan fingerprint density at radius 3 is 2.23 bits per heavy atom. The van der Waals surface area contributed by atoms with E-state index in [1.54, 1.807) is 44.2 Å². The highest BCUT2D eigenvalue weighted by atomic mass is 35.5. The summed E-state index contributed by atoms with van der Waals surface area (Å²) in [6.07, 6.45) is 0.285. The van der Waals surface area contributed by atoms with Crippen molar-refractivity contribution in [2.45, 2.75) is 57.6 Å². The summed E-state index contributed by atoms with van der Waals surface area (Å²) in [6, 6.07) is 17.2. The van der Waals surface area contributed by atoms with Crippen LogP contribution in [0.4, 0.5) is 10.1 Å². The van der Waals surface area contributed by atoms with Gasteiger partial charge in [0.25, 0.3) is 10.0 Å². The zero-order chi connectivity index (χ0) is 28.7. The van der Waals surface area contributed by atoms with E-state index in [9.17, 15) is 22.4 Å². The summed E-state index contributed by atoms with van der Waals surface area (Å²) in [6.45, 7) is 6.53. The quantitative estimate of drug-likeness (QED) is 0.337. The molecule has 0 saturated heterocycles. The molecule has 0 bridgehead atoms. The van der Waals surface area contributed by atoms with Crippen LogP contribution in [0.5, 0.6) is 0 Å². The van der Waals surface area contributed by atoms with Crippen molar-refractivity contribution in [2.24, 2.45) is 0 Å². The molecule has 7 nitrogen and oxygen atoms in total. The number of sulfonamides is 1. The zero-order valence-electron chi connectivity index (χ0n) is 22.4. The van der Waals surface area contributed by atoms with Gasteiger partial charge in [-0.2, -0.15) is 0 Å². The summed E-state index contributed by atoms with van der Waals surface area (Å²) in [5, 5.41) is 3.15. The Bertz CT molecular complexity index is 1400. The normalized spacial score (nSPS) is 12.2. The highest BCUT2D eigenvalue weighted by Gasteiger charge is 2.34. The lowest BCUT2D eigenvalue weighted by molar-refractivity contribution is -0.140. The molecule has 208 valence electrons. The number of carbonyl (C=O) groups is 2. The van der Waals surface area contributed by atoms with Crippen molar-refractivity contribution < 1.29 is 22.4 Å². The van der Waals surface area contributed by atoms with Crippen LogP contribution in [-0.4, -0.2) is 43.8 Å². The van der Waals surface area contributed by atoms with Gasteiger partial charge in [-0.15, -0.1) is 0 Å². The molecule has 3 rings (SSSR count). The number of halogens is 2. The van der Waals surface area contributed by atoms with E-state index in [0.717, 1.165) is 4.31 Å². The number of amides is 2. The van der Waals surface area contributed by atoms with E-state index in [2.05, 4.69) is 5.32 Å². The number of nitrogens with one attached hydrogen (secondary N) is 1. The number of nitrogens with zero attached hydrogens (tertiary/aromatic N) is 2. The van der Waals surface area contributed by atoms with Gasteiger partial charge in [-0.25, -0.2) is 12.8 Å². The lowest BCUT2D eigenvalue weighted by atomic mass is 10.1. The molecule has 0 radical (unpaired) electrons. The van der Waals surface area contributed by atoms with Gasteiger partial charge >= 0.3 is 0 Å². The molecule has 1 atom stereocenters. The van der Waals surface area contributed by atoms with Gasteiger partial charge < -0.3 is 10.2 Å². The molecule has 0 aliphatic heterocycles. The molecule has 3 aromatic rings. The summed E-state index contributed by atoms with van der Waals surface area (Å²) in [5.74, 6) is -1.39. The van der Waals surface area contributed by atoms with Gasteiger partial charge in [0.1, 0.15) is 18.4 Å². The van der Waals surface area contributed by atoms with Crippen molar-refractivity contribution in [1.29, 1.82) is 0 Å². The van der Waals surface area contributed by atoms with E-state index in [4.69, 9.17) is 11.6 Å².